The Morgan fingerprint density at radius 1 is 1.44 bits per heavy atom. The van der Waals surface area contributed by atoms with E-state index in [0.29, 0.717) is 6.54 Å². The van der Waals surface area contributed by atoms with Crippen molar-refractivity contribution in [2.45, 2.75) is 19.6 Å². The van der Waals surface area contributed by atoms with E-state index in [1.165, 1.54) is 0 Å². The summed E-state index contributed by atoms with van der Waals surface area (Å²) in [5, 5.41) is 2.57. The molecule has 0 heterocycles. The lowest BCUT2D eigenvalue weighted by Crippen LogP contribution is -2.35. The Morgan fingerprint density at radius 2 is 2.06 bits per heavy atom. The normalized spacial score (nSPS) is 11.1. The van der Waals surface area contributed by atoms with Crippen LogP contribution >= 0.6 is 12.4 Å². The molecule has 0 radical (unpaired) electrons. The first-order valence-electron chi connectivity index (χ1n) is 4.88. The summed E-state index contributed by atoms with van der Waals surface area (Å²) in [4.78, 5) is 11.1. The van der Waals surface area contributed by atoms with E-state index in [2.05, 4.69) is 5.32 Å². The largest absolute Gasteiger partial charge is 0.445 e. The van der Waals surface area contributed by atoms with E-state index in [-0.39, 0.29) is 25.1 Å². The number of halogens is 1. The highest BCUT2D eigenvalue weighted by atomic mass is 35.5. The van der Waals surface area contributed by atoms with Gasteiger partial charge in [0.15, 0.2) is 0 Å². The Bertz CT molecular complexity index is 304. The van der Waals surface area contributed by atoms with Crippen molar-refractivity contribution >= 4 is 18.5 Å². The lowest BCUT2D eigenvalue weighted by molar-refractivity contribution is 0.139. The zero-order valence-electron chi connectivity index (χ0n) is 9.18. The summed E-state index contributed by atoms with van der Waals surface area (Å²) in [5.41, 5.74) is 6.44. The molecule has 0 fully saturated rings. The molecule has 0 spiro atoms. The molecule has 1 unspecified atom stereocenters. The molecule has 1 amide bonds. The van der Waals surface area contributed by atoms with Gasteiger partial charge < -0.3 is 15.8 Å². The van der Waals surface area contributed by atoms with Crippen LogP contribution in [0.2, 0.25) is 0 Å². The van der Waals surface area contributed by atoms with Crippen molar-refractivity contribution < 1.29 is 9.53 Å². The van der Waals surface area contributed by atoms with Gasteiger partial charge in [-0.1, -0.05) is 30.3 Å². The maximum Gasteiger partial charge on any atom is 0.407 e. The van der Waals surface area contributed by atoms with Gasteiger partial charge in [-0.3, -0.25) is 0 Å². The minimum atomic E-state index is -0.434. The smallest absolute Gasteiger partial charge is 0.407 e. The third kappa shape index (κ3) is 6.27. The van der Waals surface area contributed by atoms with Crippen molar-refractivity contribution in [1.82, 2.24) is 5.32 Å². The number of nitrogens with two attached hydrogens (primary N) is 1. The van der Waals surface area contributed by atoms with E-state index in [0.717, 1.165) is 5.56 Å². The number of alkyl carbamates (subject to hydrolysis) is 1. The highest BCUT2D eigenvalue weighted by Crippen LogP contribution is 2.00. The number of hydrogen-bond donors (Lipinski definition) is 2. The highest BCUT2D eigenvalue weighted by molar-refractivity contribution is 5.85. The second-order valence-corrected chi connectivity index (χ2v) is 3.42. The van der Waals surface area contributed by atoms with Gasteiger partial charge in [-0.05, 0) is 12.5 Å². The molecule has 0 aliphatic heterocycles. The molecule has 1 rings (SSSR count). The number of carbonyl (C=O) groups excluding carboxylic acids is 1. The summed E-state index contributed by atoms with van der Waals surface area (Å²) < 4.78 is 4.97. The lowest BCUT2D eigenvalue weighted by atomic mass is 10.2. The van der Waals surface area contributed by atoms with E-state index in [4.69, 9.17) is 10.5 Å². The Kier molecular flexibility index (Phi) is 7.33. The van der Waals surface area contributed by atoms with Crippen LogP contribution in [0.4, 0.5) is 4.79 Å². The van der Waals surface area contributed by atoms with Gasteiger partial charge in [0.05, 0.1) is 0 Å². The molecule has 4 nitrogen and oxygen atoms in total. The van der Waals surface area contributed by atoms with E-state index < -0.39 is 6.09 Å². The van der Waals surface area contributed by atoms with Crippen LogP contribution in [-0.4, -0.2) is 18.7 Å². The molecule has 90 valence electrons. The molecule has 5 heteroatoms. The van der Waals surface area contributed by atoms with Crippen LogP contribution < -0.4 is 11.1 Å². The lowest BCUT2D eigenvalue weighted by Gasteiger charge is -2.08. The molecule has 1 aromatic rings. The maximum atomic E-state index is 11.1. The topological polar surface area (TPSA) is 64.3 Å². The molecule has 0 bridgehead atoms. The average Bonchev–Trinajstić information content (AvgIpc) is 2.25. The van der Waals surface area contributed by atoms with Gasteiger partial charge in [0, 0.05) is 12.6 Å². The first-order chi connectivity index (χ1) is 7.18. The summed E-state index contributed by atoms with van der Waals surface area (Å²) in [6, 6.07) is 9.46. The van der Waals surface area contributed by atoms with Crippen LogP contribution in [0.25, 0.3) is 0 Å². The zero-order chi connectivity index (χ0) is 11.1. The third-order valence-corrected chi connectivity index (χ3v) is 1.78. The molecule has 0 saturated carbocycles. The SMILES string of the molecule is CC(N)CNC(=O)OCc1ccccc1.Cl. The molecular weight excluding hydrogens is 228 g/mol. The summed E-state index contributed by atoms with van der Waals surface area (Å²) in [7, 11) is 0. The molecule has 0 aliphatic carbocycles. The monoisotopic (exact) mass is 244 g/mol. The Labute approximate surface area is 102 Å². The predicted molar refractivity (Wildman–Crippen MR) is 65.5 cm³/mol. The fourth-order valence-corrected chi connectivity index (χ4v) is 1.02. The van der Waals surface area contributed by atoms with Crippen molar-refractivity contribution in [3.05, 3.63) is 35.9 Å². The van der Waals surface area contributed by atoms with Crippen molar-refractivity contribution in [2.24, 2.45) is 5.73 Å². The van der Waals surface area contributed by atoms with Gasteiger partial charge in [-0.2, -0.15) is 0 Å². The molecule has 0 aromatic heterocycles. The minimum absolute atomic E-state index is 0. The third-order valence-electron chi connectivity index (χ3n) is 1.78. The van der Waals surface area contributed by atoms with Gasteiger partial charge >= 0.3 is 6.09 Å². The quantitative estimate of drug-likeness (QED) is 0.847. The van der Waals surface area contributed by atoms with E-state index >= 15 is 0 Å². The number of nitrogens with one attached hydrogen (secondary N) is 1. The summed E-state index contributed by atoms with van der Waals surface area (Å²) in [6.07, 6.45) is -0.434. The molecular formula is C11H17ClN2O2. The molecule has 1 atom stereocenters. The molecule has 3 N–H and O–H groups in total. The second-order valence-electron chi connectivity index (χ2n) is 3.42. The molecule has 0 saturated heterocycles. The summed E-state index contributed by atoms with van der Waals surface area (Å²) in [6.45, 7) is 2.52. The van der Waals surface area contributed by atoms with E-state index in [9.17, 15) is 4.79 Å². The zero-order valence-corrected chi connectivity index (χ0v) is 10.00. The first-order valence-corrected chi connectivity index (χ1v) is 4.88. The fourth-order valence-electron chi connectivity index (χ4n) is 1.02. The van der Waals surface area contributed by atoms with Crippen LogP contribution in [0.1, 0.15) is 12.5 Å². The van der Waals surface area contributed by atoms with Crippen LogP contribution in [0.15, 0.2) is 30.3 Å². The number of benzene rings is 1. The average molecular weight is 245 g/mol. The molecule has 0 aliphatic rings. The number of rotatable bonds is 4. The van der Waals surface area contributed by atoms with Crippen molar-refractivity contribution in [2.75, 3.05) is 6.54 Å². The molecule has 1 aromatic carbocycles. The maximum absolute atomic E-state index is 11.1. The second kappa shape index (κ2) is 7.96. The van der Waals surface area contributed by atoms with Gasteiger partial charge in [-0.25, -0.2) is 4.79 Å². The van der Waals surface area contributed by atoms with Crippen LogP contribution in [0, 0.1) is 0 Å². The van der Waals surface area contributed by atoms with E-state index in [1.54, 1.807) is 0 Å². The van der Waals surface area contributed by atoms with Gasteiger partial charge in [-0.15, -0.1) is 12.4 Å². The fraction of sp³-hybridized carbons (Fsp3) is 0.364. The van der Waals surface area contributed by atoms with Crippen molar-refractivity contribution in [3.63, 3.8) is 0 Å². The van der Waals surface area contributed by atoms with Gasteiger partial charge in [0.1, 0.15) is 6.61 Å². The minimum Gasteiger partial charge on any atom is -0.445 e. The Balaban J connectivity index is 0.00000225. The van der Waals surface area contributed by atoms with E-state index in [1.807, 2.05) is 37.3 Å². The summed E-state index contributed by atoms with van der Waals surface area (Å²) >= 11 is 0. The standard InChI is InChI=1S/C11H16N2O2.ClH/c1-9(12)7-13-11(14)15-8-10-5-3-2-4-6-10;/h2-6,9H,7-8,12H2,1H3,(H,13,14);1H. The molecule has 16 heavy (non-hydrogen) atoms. The van der Waals surface area contributed by atoms with Crippen molar-refractivity contribution in [1.29, 1.82) is 0 Å². The number of amides is 1. The number of ether oxygens (including phenoxy) is 1. The number of carbonyl (C=O) groups is 1. The van der Waals surface area contributed by atoms with Crippen LogP contribution in [0.5, 0.6) is 0 Å². The Hall–Kier alpha value is -1.26. The van der Waals surface area contributed by atoms with Crippen molar-refractivity contribution in [3.8, 4) is 0 Å². The summed E-state index contributed by atoms with van der Waals surface area (Å²) in [5.74, 6) is 0. The van der Waals surface area contributed by atoms with Crippen LogP contribution in [-0.2, 0) is 11.3 Å². The first kappa shape index (κ1) is 14.7. The Morgan fingerprint density at radius 3 is 2.62 bits per heavy atom. The predicted octanol–water partition coefficient (Wildman–Crippen LogP) is 1.68. The number of hydrogen-bond acceptors (Lipinski definition) is 3. The highest BCUT2D eigenvalue weighted by Gasteiger charge is 2.02. The van der Waals surface area contributed by atoms with Gasteiger partial charge in [0.2, 0.25) is 0 Å². The van der Waals surface area contributed by atoms with Crippen LogP contribution in [0.3, 0.4) is 0 Å². The van der Waals surface area contributed by atoms with Gasteiger partial charge in [0.25, 0.3) is 0 Å².